The SMILES string of the molecule is N#CCCNC(=O)c1cccc(-c2ccc(C[C@@H](C#N)NC(=O)C3CCCCC3)cc2)c1. The molecule has 0 spiro atoms. The van der Waals surface area contributed by atoms with Gasteiger partial charge in [-0.2, -0.15) is 10.5 Å². The van der Waals surface area contributed by atoms with Crippen LogP contribution in [0.1, 0.15) is 54.4 Å². The van der Waals surface area contributed by atoms with Crippen LogP contribution in [0.3, 0.4) is 0 Å². The summed E-state index contributed by atoms with van der Waals surface area (Å²) < 4.78 is 0. The molecular weight excluding hydrogens is 400 g/mol. The molecule has 6 nitrogen and oxygen atoms in total. The van der Waals surface area contributed by atoms with Crippen molar-refractivity contribution >= 4 is 11.8 Å². The number of hydrogen-bond donors (Lipinski definition) is 2. The molecule has 164 valence electrons. The van der Waals surface area contributed by atoms with Crippen molar-refractivity contribution in [1.82, 2.24) is 10.6 Å². The van der Waals surface area contributed by atoms with E-state index in [0.29, 0.717) is 18.5 Å². The minimum Gasteiger partial charge on any atom is -0.351 e. The Morgan fingerprint density at radius 1 is 1.00 bits per heavy atom. The molecule has 1 saturated carbocycles. The lowest BCUT2D eigenvalue weighted by atomic mass is 9.88. The van der Waals surface area contributed by atoms with Crippen LogP contribution >= 0.6 is 0 Å². The smallest absolute Gasteiger partial charge is 0.251 e. The zero-order valence-corrected chi connectivity index (χ0v) is 18.1. The van der Waals surface area contributed by atoms with E-state index in [0.717, 1.165) is 42.4 Å². The predicted molar refractivity (Wildman–Crippen MR) is 122 cm³/mol. The molecule has 2 amide bonds. The summed E-state index contributed by atoms with van der Waals surface area (Å²) in [6.07, 6.45) is 5.90. The van der Waals surface area contributed by atoms with Crippen LogP contribution in [-0.4, -0.2) is 24.4 Å². The molecule has 1 aliphatic rings. The van der Waals surface area contributed by atoms with E-state index in [-0.39, 0.29) is 24.2 Å². The summed E-state index contributed by atoms with van der Waals surface area (Å²) in [6, 6.07) is 18.8. The maximum atomic E-state index is 12.5. The average molecular weight is 429 g/mol. The van der Waals surface area contributed by atoms with E-state index in [9.17, 15) is 14.9 Å². The topological polar surface area (TPSA) is 106 Å². The van der Waals surface area contributed by atoms with Gasteiger partial charge >= 0.3 is 0 Å². The lowest BCUT2D eigenvalue weighted by Gasteiger charge is -2.22. The van der Waals surface area contributed by atoms with Gasteiger partial charge in [-0.3, -0.25) is 9.59 Å². The molecule has 1 aliphatic carbocycles. The first-order chi connectivity index (χ1) is 15.6. The number of nitrogens with one attached hydrogen (secondary N) is 2. The standard InChI is InChI=1S/C26H28N4O2/c27-14-5-15-29-25(31)23-9-4-8-22(17-23)20-12-10-19(11-13-20)16-24(18-28)30-26(32)21-6-2-1-3-7-21/h4,8-13,17,21,24H,1-3,5-7,15-16H2,(H,29,31)(H,30,32)/t24-/m0/s1. The molecule has 0 saturated heterocycles. The third-order valence-electron chi connectivity index (χ3n) is 5.82. The maximum absolute atomic E-state index is 12.5. The maximum Gasteiger partial charge on any atom is 0.251 e. The van der Waals surface area contributed by atoms with Crippen LogP contribution in [0.4, 0.5) is 0 Å². The molecule has 0 bridgehead atoms. The Morgan fingerprint density at radius 2 is 1.75 bits per heavy atom. The van der Waals surface area contributed by atoms with Gasteiger partial charge < -0.3 is 10.6 Å². The van der Waals surface area contributed by atoms with Crippen LogP contribution < -0.4 is 10.6 Å². The largest absolute Gasteiger partial charge is 0.351 e. The Bertz CT molecular complexity index is 1010. The summed E-state index contributed by atoms with van der Waals surface area (Å²) in [5, 5.41) is 23.7. The number of nitriles is 2. The van der Waals surface area contributed by atoms with Gasteiger partial charge in [0.2, 0.25) is 5.91 Å². The van der Waals surface area contributed by atoms with Crippen molar-refractivity contribution in [1.29, 1.82) is 10.5 Å². The molecule has 2 aromatic carbocycles. The van der Waals surface area contributed by atoms with Crippen molar-refractivity contribution in [2.24, 2.45) is 5.92 Å². The van der Waals surface area contributed by atoms with Crippen molar-refractivity contribution < 1.29 is 9.59 Å². The van der Waals surface area contributed by atoms with Gasteiger partial charge in [0.15, 0.2) is 0 Å². The second-order valence-corrected chi connectivity index (χ2v) is 8.17. The highest BCUT2D eigenvalue weighted by Gasteiger charge is 2.23. The number of benzene rings is 2. The second-order valence-electron chi connectivity index (χ2n) is 8.17. The highest BCUT2D eigenvalue weighted by molar-refractivity contribution is 5.95. The van der Waals surface area contributed by atoms with Gasteiger partial charge in [0.05, 0.1) is 18.6 Å². The fourth-order valence-electron chi connectivity index (χ4n) is 4.03. The zero-order chi connectivity index (χ0) is 22.8. The van der Waals surface area contributed by atoms with Gasteiger partial charge in [-0.25, -0.2) is 0 Å². The lowest BCUT2D eigenvalue weighted by Crippen LogP contribution is -2.40. The van der Waals surface area contributed by atoms with E-state index < -0.39 is 6.04 Å². The number of nitrogens with zero attached hydrogens (tertiary/aromatic N) is 2. The van der Waals surface area contributed by atoms with Gasteiger partial charge in [-0.15, -0.1) is 0 Å². The quantitative estimate of drug-likeness (QED) is 0.617. The molecule has 6 heteroatoms. The van der Waals surface area contributed by atoms with Gasteiger partial charge in [0.25, 0.3) is 5.91 Å². The first kappa shape index (κ1) is 23.0. The summed E-state index contributed by atoms with van der Waals surface area (Å²) in [5.41, 5.74) is 3.38. The van der Waals surface area contributed by atoms with E-state index in [4.69, 9.17) is 5.26 Å². The highest BCUT2D eigenvalue weighted by Crippen LogP contribution is 2.24. The molecule has 1 atom stereocenters. The summed E-state index contributed by atoms with van der Waals surface area (Å²) >= 11 is 0. The Hall–Kier alpha value is -3.64. The Labute approximate surface area is 189 Å². The summed E-state index contributed by atoms with van der Waals surface area (Å²) in [7, 11) is 0. The van der Waals surface area contributed by atoms with Gasteiger partial charge in [-0.1, -0.05) is 55.7 Å². The van der Waals surface area contributed by atoms with Crippen molar-refractivity contribution in [3.63, 3.8) is 0 Å². The van der Waals surface area contributed by atoms with E-state index >= 15 is 0 Å². The molecule has 0 aromatic heterocycles. The Morgan fingerprint density at radius 3 is 2.44 bits per heavy atom. The summed E-state index contributed by atoms with van der Waals surface area (Å²) in [5.74, 6) is -0.173. The van der Waals surface area contributed by atoms with Crippen LogP contribution in [0, 0.1) is 28.6 Å². The van der Waals surface area contributed by atoms with Crippen LogP contribution in [0.2, 0.25) is 0 Å². The van der Waals surface area contributed by atoms with Crippen LogP contribution in [0.15, 0.2) is 48.5 Å². The van der Waals surface area contributed by atoms with Gasteiger partial charge in [0, 0.05) is 24.4 Å². The monoisotopic (exact) mass is 428 g/mol. The molecule has 0 heterocycles. The van der Waals surface area contributed by atoms with Gasteiger partial charge in [-0.05, 0) is 41.7 Å². The third-order valence-corrected chi connectivity index (χ3v) is 5.82. The van der Waals surface area contributed by atoms with Crippen LogP contribution in [-0.2, 0) is 11.2 Å². The van der Waals surface area contributed by atoms with Crippen LogP contribution in [0.5, 0.6) is 0 Å². The first-order valence-corrected chi connectivity index (χ1v) is 11.1. The zero-order valence-electron chi connectivity index (χ0n) is 18.1. The van der Waals surface area contributed by atoms with E-state index in [1.165, 1.54) is 6.42 Å². The second kappa shape index (κ2) is 11.7. The Balaban J connectivity index is 1.61. The number of amides is 2. The predicted octanol–water partition coefficient (Wildman–Crippen LogP) is 4.13. The number of rotatable bonds is 8. The summed E-state index contributed by atoms with van der Waals surface area (Å²) in [6.45, 7) is 0.325. The molecule has 1 fully saturated rings. The molecule has 32 heavy (non-hydrogen) atoms. The third kappa shape index (κ3) is 6.43. The molecule has 2 aromatic rings. The number of carbonyl (C=O) groups is 2. The fourth-order valence-corrected chi connectivity index (χ4v) is 4.03. The van der Waals surface area contributed by atoms with Crippen molar-refractivity contribution in [2.75, 3.05) is 6.54 Å². The minimum absolute atomic E-state index is 0.00210. The first-order valence-electron chi connectivity index (χ1n) is 11.1. The molecular formula is C26H28N4O2. The minimum atomic E-state index is -0.546. The highest BCUT2D eigenvalue weighted by atomic mass is 16.2. The van der Waals surface area contributed by atoms with Crippen molar-refractivity contribution in [2.45, 2.75) is 51.0 Å². The van der Waals surface area contributed by atoms with Gasteiger partial charge in [0.1, 0.15) is 6.04 Å². The van der Waals surface area contributed by atoms with E-state index in [1.54, 1.807) is 6.07 Å². The number of carbonyl (C=O) groups excluding carboxylic acids is 2. The van der Waals surface area contributed by atoms with Crippen molar-refractivity contribution in [3.8, 4) is 23.3 Å². The fraction of sp³-hybridized carbons (Fsp3) is 0.385. The molecule has 0 unspecified atom stereocenters. The van der Waals surface area contributed by atoms with E-state index in [1.807, 2.05) is 48.5 Å². The summed E-state index contributed by atoms with van der Waals surface area (Å²) in [4.78, 5) is 24.7. The Kier molecular flexibility index (Phi) is 8.40. The van der Waals surface area contributed by atoms with Crippen molar-refractivity contribution in [3.05, 3.63) is 59.7 Å². The van der Waals surface area contributed by atoms with Crippen LogP contribution in [0.25, 0.3) is 11.1 Å². The van der Waals surface area contributed by atoms with E-state index in [2.05, 4.69) is 16.7 Å². The average Bonchev–Trinajstić information content (AvgIpc) is 2.84. The molecule has 2 N–H and O–H groups in total. The number of hydrogen-bond acceptors (Lipinski definition) is 4. The normalized spacial score (nSPS) is 14.6. The molecule has 3 rings (SSSR count). The lowest BCUT2D eigenvalue weighted by molar-refractivity contribution is -0.126. The molecule has 0 aliphatic heterocycles. The molecule has 0 radical (unpaired) electrons.